The van der Waals surface area contributed by atoms with Crippen molar-refractivity contribution in [3.05, 3.63) is 66.2 Å². The average molecular weight is 404 g/mol. The lowest BCUT2D eigenvalue weighted by Crippen LogP contribution is -2.15. The molecule has 0 aliphatic heterocycles. The van der Waals surface area contributed by atoms with Crippen molar-refractivity contribution in [2.75, 3.05) is 7.11 Å². The standard InChI is InChI=1S/C23H20N2O3S/c1-3-21(23(26)27)29-22-19(14-24)18(15-9-11-17(28-2)12-10-15)13-20(25-22)16-7-5-4-6-8-16/h4-13,21H,3H2,1-2H3,(H,26,27). The van der Waals surface area contributed by atoms with Gasteiger partial charge in [0.2, 0.25) is 0 Å². The number of methoxy groups -OCH3 is 1. The molecule has 0 aliphatic rings. The number of pyridine rings is 1. The van der Waals surface area contributed by atoms with E-state index in [1.165, 1.54) is 0 Å². The molecular formula is C23H20N2O3S. The Hall–Kier alpha value is -3.30. The summed E-state index contributed by atoms with van der Waals surface area (Å²) in [4.78, 5) is 16.2. The Morgan fingerprint density at radius 1 is 1.17 bits per heavy atom. The van der Waals surface area contributed by atoms with Crippen LogP contribution in [0.1, 0.15) is 18.9 Å². The van der Waals surface area contributed by atoms with Gasteiger partial charge in [-0.05, 0) is 30.2 Å². The molecule has 1 atom stereocenters. The van der Waals surface area contributed by atoms with Gasteiger partial charge >= 0.3 is 5.97 Å². The molecule has 0 bridgehead atoms. The summed E-state index contributed by atoms with van der Waals surface area (Å²) in [5.41, 5.74) is 3.52. The van der Waals surface area contributed by atoms with Crippen LogP contribution in [0.15, 0.2) is 65.7 Å². The number of nitriles is 1. The van der Waals surface area contributed by atoms with Crippen molar-refractivity contribution in [3.63, 3.8) is 0 Å². The van der Waals surface area contributed by atoms with Crippen molar-refractivity contribution < 1.29 is 14.6 Å². The molecule has 29 heavy (non-hydrogen) atoms. The van der Waals surface area contributed by atoms with Gasteiger partial charge in [0.05, 0.1) is 18.4 Å². The number of rotatable bonds is 7. The molecule has 2 aromatic carbocycles. The van der Waals surface area contributed by atoms with Gasteiger partial charge in [0, 0.05) is 11.1 Å². The van der Waals surface area contributed by atoms with E-state index in [1.807, 2.05) is 67.6 Å². The first-order valence-corrected chi connectivity index (χ1v) is 9.99. The largest absolute Gasteiger partial charge is 0.497 e. The maximum atomic E-state index is 11.6. The Balaban J connectivity index is 2.20. The molecule has 146 valence electrons. The number of carboxylic acids is 1. The highest BCUT2D eigenvalue weighted by atomic mass is 32.2. The van der Waals surface area contributed by atoms with E-state index in [0.717, 1.165) is 28.6 Å². The topological polar surface area (TPSA) is 83.2 Å². The molecule has 1 aromatic heterocycles. The number of aromatic nitrogens is 1. The average Bonchev–Trinajstić information content (AvgIpc) is 2.77. The molecule has 0 amide bonds. The van der Waals surface area contributed by atoms with Crippen molar-refractivity contribution in [1.82, 2.24) is 4.98 Å². The minimum atomic E-state index is -0.917. The second kappa shape index (κ2) is 9.26. The summed E-state index contributed by atoms with van der Waals surface area (Å²) in [5.74, 6) is -0.199. The number of benzene rings is 2. The number of hydrogen-bond acceptors (Lipinski definition) is 5. The summed E-state index contributed by atoms with van der Waals surface area (Å²) in [6, 6.07) is 21.2. The van der Waals surface area contributed by atoms with E-state index in [-0.39, 0.29) is 0 Å². The zero-order valence-electron chi connectivity index (χ0n) is 16.1. The van der Waals surface area contributed by atoms with Crippen molar-refractivity contribution in [2.45, 2.75) is 23.6 Å². The molecule has 0 saturated heterocycles. The molecule has 0 aliphatic carbocycles. The molecule has 0 fully saturated rings. The Morgan fingerprint density at radius 3 is 2.41 bits per heavy atom. The fraction of sp³-hybridized carbons (Fsp3) is 0.174. The molecule has 1 N–H and O–H groups in total. The molecule has 1 unspecified atom stereocenters. The molecule has 6 heteroatoms. The summed E-state index contributed by atoms with van der Waals surface area (Å²) in [7, 11) is 1.60. The zero-order valence-corrected chi connectivity index (χ0v) is 16.9. The van der Waals surface area contributed by atoms with Gasteiger partial charge in [0.1, 0.15) is 22.1 Å². The van der Waals surface area contributed by atoms with Gasteiger partial charge in [-0.1, -0.05) is 61.2 Å². The van der Waals surface area contributed by atoms with Crippen LogP contribution in [0, 0.1) is 11.3 Å². The monoisotopic (exact) mass is 404 g/mol. The van der Waals surface area contributed by atoms with Gasteiger partial charge in [-0.25, -0.2) is 4.98 Å². The number of ether oxygens (including phenoxy) is 1. The number of hydrogen-bond donors (Lipinski definition) is 1. The van der Waals surface area contributed by atoms with Crippen molar-refractivity contribution in [1.29, 1.82) is 5.26 Å². The highest BCUT2D eigenvalue weighted by molar-refractivity contribution is 8.00. The summed E-state index contributed by atoms with van der Waals surface area (Å²) >= 11 is 1.12. The third-order valence-corrected chi connectivity index (χ3v) is 5.81. The minimum absolute atomic E-state index is 0.375. The molecule has 0 saturated carbocycles. The first-order chi connectivity index (χ1) is 14.1. The number of carboxylic acid groups (broad SMARTS) is 1. The van der Waals surface area contributed by atoms with Crippen molar-refractivity contribution in [2.24, 2.45) is 0 Å². The van der Waals surface area contributed by atoms with Crippen LogP contribution in [0.2, 0.25) is 0 Å². The molecule has 0 spiro atoms. The van der Waals surface area contributed by atoms with E-state index in [9.17, 15) is 15.2 Å². The summed E-state index contributed by atoms with van der Waals surface area (Å²) in [6.07, 6.45) is 0.431. The summed E-state index contributed by atoms with van der Waals surface area (Å²) < 4.78 is 5.23. The van der Waals surface area contributed by atoms with Crippen LogP contribution in [0.4, 0.5) is 0 Å². The van der Waals surface area contributed by atoms with Crippen molar-refractivity contribution >= 4 is 17.7 Å². The highest BCUT2D eigenvalue weighted by Gasteiger charge is 2.22. The number of thioether (sulfide) groups is 1. The lowest BCUT2D eigenvalue weighted by atomic mass is 9.99. The summed E-state index contributed by atoms with van der Waals surface area (Å²) in [5, 5.41) is 19.1. The van der Waals surface area contributed by atoms with E-state index in [2.05, 4.69) is 11.1 Å². The highest BCUT2D eigenvalue weighted by Crippen LogP contribution is 2.36. The lowest BCUT2D eigenvalue weighted by Gasteiger charge is -2.15. The second-order valence-electron chi connectivity index (χ2n) is 6.29. The third kappa shape index (κ3) is 4.58. The van der Waals surface area contributed by atoms with Gasteiger partial charge in [-0.3, -0.25) is 4.79 Å². The molecular weight excluding hydrogens is 384 g/mol. The second-order valence-corrected chi connectivity index (χ2v) is 7.49. The smallest absolute Gasteiger partial charge is 0.317 e. The van der Waals surface area contributed by atoms with Crippen LogP contribution in [0.3, 0.4) is 0 Å². The summed E-state index contributed by atoms with van der Waals surface area (Å²) in [6.45, 7) is 1.81. The Morgan fingerprint density at radius 2 is 1.86 bits per heavy atom. The normalized spacial score (nSPS) is 11.5. The predicted molar refractivity (Wildman–Crippen MR) is 114 cm³/mol. The van der Waals surface area contributed by atoms with Crippen LogP contribution in [-0.2, 0) is 4.79 Å². The fourth-order valence-corrected chi connectivity index (χ4v) is 3.87. The van der Waals surface area contributed by atoms with Crippen LogP contribution in [0.5, 0.6) is 5.75 Å². The van der Waals surface area contributed by atoms with Crippen LogP contribution in [-0.4, -0.2) is 28.4 Å². The SMILES string of the molecule is CCC(Sc1nc(-c2ccccc2)cc(-c2ccc(OC)cc2)c1C#N)C(=O)O. The molecule has 0 radical (unpaired) electrons. The van der Waals surface area contributed by atoms with E-state index < -0.39 is 11.2 Å². The predicted octanol–water partition coefficient (Wildman–Crippen LogP) is 5.25. The van der Waals surface area contributed by atoms with Crippen LogP contribution >= 0.6 is 11.8 Å². The van der Waals surface area contributed by atoms with Gasteiger partial charge in [0.25, 0.3) is 0 Å². The zero-order chi connectivity index (χ0) is 20.8. The number of carbonyl (C=O) groups is 1. The molecule has 3 rings (SSSR count). The Labute approximate surface area is 174 Å². The minimum Gasteiger partial charge on any atom is -0.497 e. The van der Waals surface area contributed by atoms with Gasteiger partial charge in [-0.15, -0.1) is 0 Å². The first-order valence-electron chi connectivity index (χ1n) is 9.11. The maximum absolute atomic E-state index is 11.6. The van der Waals surface area contributed by atoms with Crippen LogP contribution in [0.25, 0.3) is 22.4 Å². The molecule has 5 nitrogen and oxygen atoms in total. The molecule has 1 heterocycles. The fourth-order valence-electron chi connectivity index (χ4n) is 2.91. The quantitative estimate of drug-likeness (QED) is 0.542. The maximum Gasteiger partial charge on any atom is 0.317 e. The van der Waals surface area contributed by atoms with E-state index in [0.29, 0.717) is 28.3 Å². The van der Waals surface area contributed by atoms with Gasteiger partial charge < -0.3 is 9.84 Å². The Kier molecular flexibility index (Phi) is 6.53. The van der Waals surface area contributed by atoms with Gasteiger partial charge in [0.15, 0.2) is 0 Å². The first kappa shape index (κ1) is 20.4. The van der Waals surface area contributed by atoms with E-state index >= 15 is 0 Å². The number of aliphatic carboxylic acids is 1. The Bertz CT molecular complexity index is 1040. The van der Waals surface area contributed by atoms with Crippen LogP contribution < -0.4 is 4.74 Å². The van der Waals surface area contributed by atoms with Crippen molar-refractivity contribution in [3.8, 4) is 34.2 Å². The van der Waals surface area contributed by atoms with E-state index in [4.69, 9.17) is 4.74 Å². The number of nitrogens with zero attached hydrogens (tertiary/aromatic N) is 2. The van der Waals surface area contributed by atoms with Gasteiger partial charge in [-0.2, -0.15) is 5.26 Å². The lowest BCUT2D eigenvalue weighted by molar-refractivity contribution is -0.136. The van der Waals surface area contributed by atoms with E-state index in [1.54, 1.807) is 7.11 Å². The third-order valence-electron chi connectivity index (χ3n) is 4.47. The molecule has 3 aromatic rings.